The molecule has 176 valence electrons. The van der Waals surface area contributed by atoms with Crippen LogP contribution < -0.4 is 19.6 Å². The largest absolute Gasteiger partial charge is 0.496 e. The fraction of sp³-hybridized carbons (Fsp3) is 0.167. The van der Waals surface area contributed by atoms with Crippen LogP contribution in [0.3, 0.4) is 0 Å². The Morgan fingerprint density at radius 2 is 1.88 bits per heavy atom. The second-order valence-electron chi connectivity index (χ2n) is 6.88. The average Bonchev–Trinajstić information content (AvgIpc) is 2.83. The van der Waals surface area contributed by atoms with Gasteiger partial charge in [0.1, 0.15) is 12.4 Å². The molecule has 3 aromatic rings. The molecule has 0 aromatic heterocycles. The van der Waals surface area contributed by atoms with Gasteiger partial charge in [-0.05, 0) is 58.8 Å². The molecule has 0 aliphatic heterocycles. The van der Waals surface area contributed by atoms with Crippen molar-refractivity contribution < 1.29 is 23.9 Å². The van der Waals surface area contributed by atoms with Crippen molar-refractivity contribution in [1.82, 2.24) is 5.43 Å². The molecule has 0 unspecified atom stereocenters. The van der Waals surface area contributed by atoms with E-state index in [9.17, 15) is 14.9 Å². The molecule has 0 fully saturated rings. The van der Waals surface area contributed by atoms with Crippen LogP contribution in [0, 0.1) is 13.7 Å². The lowest BCUT2D eigenvalue weighted by atomic mass is 10.1. The number of amides is 1. The number of nitro benzene ring substituents is 1. The van der Waals surface area contributed by atoms with Gasteiger partial charge in [0.15, 0.2) is 11.5 Å². The third-order valence-corrected chi connectivity index (χ3v) is 5.38. The second kappa shape index (κ2) is 12.0. The summed E-state index contributed by atoms with van der Waals surface area (Å²) in [7, 11) is 1.37. The zero-order chi connectivity index (χ0) is 24.5. The minimum absolute atomic E-state index is 0.00287. The first kappa shape index (κ1) is 25.0. The van der Waals surface area contributed by atoms with Crippen LogP contribution >= 0.6 is 22.6 Å². The van der Waals surface area contributed by atoms with Crippen LogP contribution in [0.2, 0.25) is 0 Å². The zero-order valence-corrected chi connectivity index (χ0v) is 20.6. The molecule has 34 heavy (non-hydrogen) atoms. The van der Waals surface area contributed by atoms with E-state index in [2.05, 4.69) is 33.1 Å². The first-order valence-electron chi connectivity index (χ1n) is 10.2. The van der Waals surface area contributed by atoms with Crippen LogP contribution in [-0.4, -0.2) is 30.8 Å². The van der Waals surface area contributed by atoms with E-state index in [0.717, 1.165) is 15.2 Å². The summed E-state index contributed by atoms with van der Waals surface area (Å²) in [5.41, 5.74) is 3.86. The molecular formula is C24H22IN3O6. The molecule has 1 N–H and O–H groups in total. The van der Waals surface area contributed by atoms with Gasteiger partial charge in [-0.2, -0.15) is 5.10 Å². The van der Waals surface area contributed by atoms with Gasteiger partial charge < -0.3 is 14.2 Å². The normalized spacial score (nSPS) is 10.7. The maximum Gasteiger partial charge on any atom is 0.275 e. The Bertz CT molecular complexity index is 1200. The van der Waals surface area contributed by atoms with Gasteiger partial charge in [-0.15, -0.1) is 0 Å². The van der Waals surface area contributed by atoms with Crippen molar-refractivity contribution in [2.24, 2.45) is 5.10 Å². The molecule has 1 amide bonds. The van der Waals surface area contributed by atoms with E-state index in [1.165, 1.54) is 25.5 Å². The van der Waals surface area contributed by atoms with E-state index in [4.69, 9.17) is 14.2 Å². The van der Waals surface area contributed by atoms with Gasteiger partial charge in [0, 0.05) is 12.1 Å². The number of nitro groups is 1. The van der Waals surface area contributed by atoms with Crippen LogP contribution in [0.5, 0.6) is 17.2 Å². The summed E-state index contributed by atoms with van der Waals surface area (Å²) in [6.07, 6.45) is 1.45. The lowest BCUT2D eigenvalue weighted by molar-refractivity contribution is -0.384. The van der Waals surface area contributed by atoms with Crippen LogP contribution in [0.15, 0.2) is 65.8 Å². The van der Waals surface area contributed by atoms with Gasteiger partial charge in [-0.25, -0.2) is 5.43 Å². The third kappa shape index (κ3) is 6.44. The van der Waals surface area contributed by atoms with E-state index < -0.39 is 10.8 Å². The summed E-state index contributed by atoms with van der Waals surface area (Å²) in [6.45, 7) is 2.72. The van der Waals surface area contributed by atoms with E-state index in [0.29, 0.717) is 30.3 Å². The van der Waals surface area contributed by atoms with Crippen molar-refractivity contribution >= 4 is 40.4 Å². The van der Waals surface area contributed by atoms with Crippen molar-refractivity contribution in [1.29, 1.82) is 0 Å². The number of ether oxygens (including phenoxy) is 3. The summed E-state index contributed by atoms with van der Waals surface area (Å²) < 4.78 is 17.7. The first-order chi connectivity index (χ1) is 16.4. The summed E-state index contributed by atoms with van der Waals surface area (Å²) in [5, 5.41) is 15.0. The second-order valence-corrected chi connectivity index (χ2v) is 8.04. The lowest BCUT2D eigenvalue weighted by Crippen LogP contribution is -2.18. The molecule has 0 aliphatic carbocycles. The lowest BCUT2D eigenvalue weighted by Gasteiger charge is -2.14. The van der Waals surface area contributed by atoms with Gasteiger partial charge in [0.2, 0.25) is 0 Å². The molecule has 3 rings (SSSR count). The molecule has 0 radical (unpaired) electrons. The van der Waals surface area contributed by atoms with Gasteiger partial charge in [-0.3, -0.25) is 14.9 Å². The maximum atomic E-state index is 12.5. The number of hydrogen-bond acceptors (Lipinski definition) is 7. The first-order valence-corrected chi connectivity index (χ1v) is 11.3. The standard InChI is InChI=1S/C24H22IN3O6/c1-3-33-22-12-17(11-20(25)23(22)34-15-16-7-5-4-6-8-16)14-26-27-24(29)19-13-18(28(30)31)9-10-21(19)32-2/h4-14H,3,15H2,1-2H3,(H,27,29)/b26-14-. The number of hydrogen-bond donors (Lipinski definition) is 1. The van der Waals surface area contributed by atoms with Crippen molar-refractivity contribution in [2.45, 2.75) is 13.5 Å². The quantitative estimate of drug-likeness (QED) is 0.159. The molecule has 0 saturated carbocycles. The fourth-order valence-electron chi connectivity index (χ4n) is 3.01. The van der Waals surface area contributed by atoms with Crippen molar-refractivity contribution in [3.05, 3.63) is 91.0 Å². The van der Waals surface area contributed by atoms with Crippen molar-refractivity contribution in [3.8, 4) is 17.2 Å². The Morgan fingerprint density at radius 3 is 2.56 bits per heavy atom. The average molecular weight is 575 g/mol. The number of non-ortho nitro benzene ring substituents is 1. The van der Waals surface area contributed by atoms with Gasteiger partial charge in [-0.1, -0.05) is 30.3 Å². The molecule has 3 aromatic carbocycles. The molecular weight excluding hydrogens is 553 g/mol. The monoisotopic (exact) mass is 575 g/mol. The van der Waals surface area contributed by atoms with E-state index in [-0.39, 0.29) is 17.0 Å². The number of carbonyl (C=O) groups is 1. The predicted molar refractivity (Wildman–Crippen MR) is 136 cm³/mol. The summed E-state index contributed by atoms with van der Waals surface area (Å²) in [6, 6.07) is 17.2. The topological polar surface area (TPSA) is 112 Å². The number of methoxy groups -OCH3 is 1. The predicted octanol–water partition coefficient (Wildman–Crippen LogP) is 4.95. The number of rotatable bonds is 10. The third-order valence-electron chi connectivity index (χ3n) is 4.58. The van der Waals surface area contributed by atoms with E-state index in [1.54, 1.807) is 6.07 Å². The highest BCUT2D eigenvalue weighted by Gasteiger charge is 2.17. The van der Waals surface area contributed by atoms with Crippen LogP contribution in [0.25, 0.3) is 0 Å². The van der Waals surface area contributed by atoms with Crippen molar-refractivity contribution in [3.63, 3.8) is 0 Å². The number of hydrazone groups is 1. The Balaban J connectivity index is 1.76. The van der Waals surface area contributed by atoms with Crippen LogP contribution in [-0.2, 0) is 6.61 Å². The zero-order valence-electron chi connectivity index (χ0n) is 18.5. The molecule has 0 spiro atoms. The molecule has 0 bridgehead atoms. The van der Waals surface area contributed by atoms with Gasteiger partial charge in [0.25, 0.3) is 11.6 Å². The molecule has 0 atom stereocenters. The van der Waals surface area contributed by atoms with E-state index in [1.807, 2.05) is 43.3 Å². The van der Waals surface area contributed by atoms with Crippen LogP contribution in [0.4, 0.5) is 5.69 Å². The maximum absolute atomic E-state index is 12.5. The number of nitrogens with one attached hydrogen (secondary N) is 1. The molecule has 9 nitrogen and oxygen atoms in total. The van der Waals surface area contributed by atoms with Gasteiger partial charge in [0.05, 0.1) is 34.0 Å². The molecule has 0 heterocycles. The Labute approximate surface area is 210 Å². The highest BCUT2D eigenvalue weighted by atomic mass is 127. The highest BCUT2D eigenvalue weighted by Crippen LogP contribution is 2.34. The Hall–Kier alpha value is -3.67. The SMILES string of the molecule is CCOc1cc(/C=N\NC(=O)c2cc([N+](=O)[O-])ccc2OC)cc(I)c1OCc1ccccc1. The highest BCUT2D eigenvalue weighted by molar-refractivity contribution is 14.1. The summed E-state index contributed by atoms with van der Waals surface area (Å²) in [5.74, 6) is 0.734. The van der Waals surface area contributed by atoms with Crippen molar-refractivity contribution in [2.75, 3.05) is 13.7 Å². The summed E-state index contributed by atoms with van der Waals surface area (Å²) >= 11 is 2.15. The Morgan fingerprint density at radius 1 is 1.12 bits per heavy atom. The smallest absolute Gasteiger partial charge is 0.275 e. The number of nitrogens with zero attached hydrogens (tertiary/aromatic N) is 2. The Kier molecular flexibility index (Phi) is 8.79. The molecule has 0 saturated heterocycles. The summed E-state index contributed by atoms with van der Waals surface area (Å²) in [4.78, 5) is 23.0. The van der Waals surface area contributed by atoms with E-state index >= 15 is 0 Å². The van der Waals surface area contributed by atoms with Gasteiger partial charge >= 0.3 is 0 Å². The number of benzene rings is 3. The fourth-order valence-corrected chi connectivity index (χ4v) is 3.79. The molecule has 0 aliphatic rings. The van der Waals surface area contributed by atoms with Crippen LogP contribution in [0.1, 0.15) is 28.4 Å². The number of halogens is 1. The minimum atomic E-state index is -0.639. The number of carbonyl (C=O) groups excluding carboxylic acids is 1. The minimum Gasteiger partial charge on any atom is -0.496 e. The molecule has 10 heteroatoms.